The number of carbonyl (C=O) groups is 1. The Hall–Kier alpha value is -3.72. The van der Waals surface area contributed by atoms with Crippen molar-refractivity contribution in [3.8, 4) is 22.8 Å². The van der Waals surface area contributed by atoms with Gasteiger partial charge in [-0.25, -0.2) is 19.2 Å². The summed E-state index contributed by atoms with van der Waals surface area (Å²) in [5.74, 6) is 0.370. The number of aromatic carboxylic acids is 1. The number of fused-ring (bicyclic) bond motifs is 1. The van der Waals surface area contributed by atoms with Crippen LogP contribution in [-0.4, -0.2) is 40.8 Å². The lowest BCUT2D eigenvalue weighted by molar-refractivity contribution is 0.0692. The zero-order valence-electron chi connectivity index (χ0n) is 19.3. The normalized spacial score (nSPS) is 13.1. The monoisotopic (exact) mass is 493 g/mol. The number of ether oxygens (including phenoxy) is 2. The van der Waals surface area contributed by atoms with Crippen molar-refractivity contribution in [2.45, 2.75) is 32.3 Å². The van der Waals surface area contributed by atoms with Crippen molar-refractivity contribution >= 4 is 33.2 Å². The average molecular weight is 494 g/mol. The van der Waals surface area contributed by atoms with Gasteiger partial charge in [-0.3, -0.25) is 0 Å². The first-order chi connectivity index (χ1) is 16.9. The minimum Gasteiger partial charge on any atom is -0.495 e. The lowest BCUT2D eigenvalue weighted by Crippen LogP contribution is -2.07. The SMILES string of the molecule is COc1ccc(F)c2c(CCNc3cc(-c4ccc(C(=O)O)c(OC5CC5)c4)ncn3)c(C)sc12. The van der Waals surface area contributed by atoms with Gasteiger partial charge in [0.2, 0.25) is 0 Å². The van der Waals surface area contributed by atoms with E-state index in [1.807, 2.05) is 6.92 Å². The van der Waals surface area contributed by atoms with Gasteiger partial charge in [-0.15, -0.1) is 11.3 Å². The zero-order valence-corrected chi connectivity index (χ0v) is 20.1. The summed E-state index contributed by atoms with van der Waals surface area (Å²) in [4.78, 5) is 21.3. The molecule has 0 radical (unpaired) electrons. The minimum absolute atomic E-state index is 0.0763. The summed E-state index contributed by atoms with van der Waals surface area (Å²) in [7, 11) is 1.59. The van der Waals surface area contributed by atoms with Gasteiger partial charge < -0.3 is 19.9 Å². The van der Waals surface area contributed by atoms with Gasteiger partial charge in [0.1, 0.15) is 35.0 Å². The van der Waals surface area contributed by atoms with Crippen LogP contribution in [0, 0.1) is 12.7 Å². The van der Waals surface area contributed by atoms with Crippen molar-refractivity contribution in [2.24, 2.45) is 0 Å². The number of anilines is 1. The van der Waals surface area contributed by atoms with Crippen molar-refractivity contribution < 1.29 is 23.8 Å². The number of nitrogens with one attached hydrogen (secondary N) is 1. The van der Waals surface area contributed by atoms with E-state index in [0.29, 0.717) is 41.4 Å². The molecule has 0 bridgehead atoms. The number of aryl methyl sites for hydroxylation is 1. The molecule has 1 saturated carbocycles. The van der Waals surface area contributed by atoms with Gasteiger partial charge in [-0.05, 0) is 56.0 Å². The van der Waals surface area contributed by atoms with E-state index >= 15 is 0 Å². The lowest BCUT2D eigenvalue weighted by Gasteiger charge is -2.11. The number of hydrogen-bond donors (Lipinski definition) is 2. The Bertz CT molecular complexity index is 1420. The van der Waals surface area contributed by atoms with E-state index in [1.54, 1.807) is 31.4 Å². The fraction of sp³-hybridized carbons (Fsp3) is 0.269. The van der Waals surface area contributed by atoms with E-state index in [1.165, 1.54) is 29.8 Å². The highest BCUT2D eigenvalue weighted by atomic mass is 32.1. The molecule has 0 saturated heterocycles. The van der Waals surface area contributed by atoms with Crippen molar-refractivity contribution in [1.29, 1.82) is 0 Å². The molecule has 2 aromatic carbocycles. The van der Waals surface area contributed by atoms with Gasteiger partial charge in [-0.2, -0.15) is 0 Å². The Morgan fingerprint density at radius 1 is 1.20 bits per heavy atom. The van der Waals surface area contributed by atoms with Gasteiger partial charge in [0.25, 0.3) is 0 Å². The summed E-state index contributed by atoms with van der Waals surface area (Å²) in [5.41, 5.74) is 2.47. The molecular formula is C26H24FN3O4S. The second-order valence-corrected chi connectivity index (χ2v) is 9.61. The Labute approximate surface area is 205 Å². The predicted molar refractivity (Wildman–Crippen MR) is 133 cm³/mol. The van der Waals surface area contributed by atoms with Crippen molar-refractivity contribution in [2.75, 3.05) is 19.0 Å². The number of benzene rings is 2. The first kappa shape index (κ1) is 23.0. The Morgan fingerprint density at radius 2 is 2.03 bits per heavy atom. The molecule has 7 nitrogen and oxygen atoms in total. The van der Waals surface area contributed by atoms with Crippen LogP contribution in [0.3, 0.4) is 0 Å². The fourth-order valence-corrected chi connectivity index (χ4v) is 5.23. The number of carboxylic acids is 1. The van der Waals surface area contributed by atoms with E-state index in [-0.39, 0.29) is 17.5 Å². The van der Waals surface area contributed by atoms with Crippen molar-refractivity contribution in [3.63, 3.8) is 0 Å². The third kappa shape index (κ3) is 4.77. The highest BCUT2D eigenvalue weighted by molar-refractivity contribution is 7.19. The molecule has 4 aromatic rings. The summed E-state index contributed by atoms with van der Waals surface area (Å²) in [6.45, 7) is 2.54. The number of aromatic nitrogens is 2. The van der Waals surface area contributed by atoms with Gasteiger partial charge in [-0.1, -0.05) is 6.07 Å². The van der Waals surface area contributed by atoms with Crippen LogP contribution < -0.4 is 14.8 Å². The lowest BCUT2D eigenvalue weighted by atomic mass is 10.1. The Balaban J connectivity index is 1.34. The zero-order chi connectivity index (χ0) is 24.5. The molecule has 0 amide bonds. The first-order valence-electron chi connectivity index (χ1n) is 11.3. The molecular weight excluding hydrogens is 469 g/mol. The van der Waals surface area contributed by atoms with Crippen LogP contribution in [0.1, 0.15) is 33.6 Å². The molecule has 9 heteroatoms. The van der Waals surface area contributed by atoms with Crippen LogP contribution in [0.15, 0.2) is 42.7 Å². The molecule has 1 aliphatic rings. The van der Waals surface area contributed by atoms with Crippen LogP contribution >= 0.6 is 11.3 Å². The quantitative estimate of drug-likeness (QED) is 0.309. The third-order valence-electron chi connectivity index (χ3n) is 5.95. The van der Waals surface area contributed by atoms with Crippen molar-refractivity contribution in [1.82, 2.24) is 9.97 Å². The highest BCUT2D eigenvalue weighted by Gasteiger charge is 2.26. The summed E-state index contributed by atoms with van der Waals surface area (Å²) < 4.78 is 26.7. The van der Waals surface area contributed by atoms with E-state index in [9.17, 15) is 14.3 Å². The molecule has 35 heavy (non-hydrogen) atoms. The third-order valence-corrected chi connectivity index (χ3v) is 7.11. The second-order valence-electron chi connectivity index (χ2n) is 8.39. The molecule has 1 fully saturated rings. The number of nitrogens with zero attached hydrogens (tertiary/aromatic N) is 2. The molecule has 1 aliphatic carbocycles. The van der Waals surface area contributed by atoms with Crippen molar-refractivity contribution in [3.05, 3.63) is 64.5 Å². The second kappa shape index (κ2) is 9.50. The predicted octanol–water partition coefficient (Wildman–Crippen LogP) is 5.71. The summed E-state index contributed by atoms with van der Waals surface area (Å²) >= 11 is 1.53. The molecule has 180 valence electrons. The maximum absolute atomic E-state index is 14.6. The molecule has 5 rings (SSSR count). The van der Waals surface area contributed by atoms with Crippen LogP contribution in [-0.2, 0) is 6.42 Å². The Morgan fingerprint density at radius 3 is 2.77 bits per heavy atom. The van der Waals surface area contributed by atoms with Gasteiger partial charge in [0.15, 0.2) is 0 Å². The van der Waals surface area contributed by atoms with Crippen LogP contribution in [0.4, 0.5) is 10.2 Å². The topological polar surface area (TPSA) is 93.6 Å². The minimum atomic E-state index is -1.03. The first-order valence-corrected chi connectivity index (χ1v) is 12.1. The maximum Gasteiger partial charge on any atom is 0.339 e. The summed E-state index contributed by atoms with van der Waals surface area (Å²) in [5, 5.41) is 13.4. The largest absolute Gasteiger partial charge is 0.495 e. The average Bonchev–Trinajstić information content (AvgIpc) is 3.60. The van der Waals surface area contributed by atoms with E-state index in [2.05, 4.69) is 15.3 Å². The van der Waals surface area contributed by atoms with Gasteiger partial charge in [0.05, 0.1) is 23.6 Å². The maximum atomic E-state index is 14.6. The molecule has 0 spiro atoms. The highest BCUT2D eigenvalue weighted by Crippen LogP contribution is 2.39. The molecule has 2 heterocycles. The molecule has 0 aliphatic heterocycles. The Kier molecular flexibility index (Phi) is 6.25. The number of hydrogen-bond acceptors (Lipinski definition) is 7. The van der Waals surface area contributed by atoms with E-state index < -0.39 is 5.97 Å². The van der Waals surface area contributed by atoms with Crippen LogP contribution in [0.5, 0.6) is 11.5 Å². The van der Waals surface area contributed by atoms with Crippen LogP contribution in [0.25, 0.3) is 21.3 Å². The fourth-order valence-electron chi connectivity index (χ4n) is 4.02. The number of carboxylic acid groups (broad SMARTS) is 1. The van der Waals surface area contributed by atoms with Gasteiger partial charge in [0, 0.05) is 28.4 Å². The van der Waals surface area contributed by atoms with Crippen LogP contribution in [0.2, 0.25) is 0 Å². The summed E-state index contributed by atoms with van der Waals surface area (Å²) in [6, 6.07) is 9.87. The molecule has 0 unspecified atom stereocenters. The molecule has 2 N–H and O–H groups in total. The van der Waals surface area contributed by atoms with E-state index in [0.717, 1.165) is 33.5 Å². The molecule has 0 atom stereocenters. The number of halogens is 1. The number of thiophene rings is 1. The van der Waals surface area contributed by atoms with Gasteiger partial charge >= 0.3 is 5.97 Å². The molecule has 2 aromatic heterocycles. The standard InChI is InChI=1S/C26H24FN3O4S/c1-14-17(24-19(27)7-8-21(33-2)25(24)35-14)9-10-28-23-12-20(29-13-30-23)15-3-6-18(26(31)32)22(11-15)34-16-4-5-16/h3,6-8,11-13,16H,4-5,9-10H2,1-2H3,(H,31,32)(H,28,29,30). The summed E-state index contributed by atoms with van der Waals surface area (Å²) in [6.07, 6.45) is 4.01. The smallest absolute Gasteiger partial charge is 0.339 e. The number of methoxy groups -OCH3 is 1. The van der Waals surface area contributed by atoms with E-state index in [4.69, 9.17) is 9.47 Å². The number of rotatable bonds is 9.